The lowest BCUT2D eigenvalue weighted by Crippen LogP contribution is -2.40. The average Bonchev–Trinajstić information content (AvgIpc) is 2.27. The summed E-state index contributed by atoms with van der Waals surface area (Å²) in [6.07, 6.45) is 0. The summed E-state index contributed by atoms with van der Waals surface area (Å²) in [5, 5.41) is 3.64. The number of amides is 3. The molecule has 0 aliphatic rings. The van der Waals surface area contributed by atoms with Gasteiger partial charge in [0, 0.05) is 23.6 Å². The van der Waals surface area contributed by atoms with Crippen LogP contribution in [0.4, 0.5) is 4.79 Å². The van der Waals surface area contributed by atoms with Crippen LogP contribution in [0, 0.1) is 0 Å². The van der Waals surface area contributed by atoms with Crippen molar-refractivity contribution in [2.75, 3.05) is 13.6 Å². The van der Waals surface area contributed by atoms with E-state index in [4.69, 9.17) is 28.9 Å². The molecule has 0 aliphatic heterocycles. The molecule has 0 radical (unpaired) electrons. The zero-order valence-corrected chi connectivity index (χ0v) is 11.3. The van der Waals surface area contributed by atoms with Crippen LogP contribution in [0.2, 0.25) is 10.0 Å². The van der Waals surface area contributed by atoms with Gasteiger partial charge in [0.15, 0.2) is 0 Å². The Hall–Kier alpha value is -1.46. The van der Waals surface area contributed by atoms with Crippen molar-refractivity contribution in [2.45, 2.75) is 6.54 Å². The summed E-state index contributed by atoms with van der Waals surface area (Å²) >= 11 is 11.7. The van der Waals surface area contributed by atoms with Crippen LogP contribution >= 0.6 is 23.2 Å². The molecule has 18 heavy (non-hydrogen) atoms. The van der Waals surface area contributed by atoms with Gasteiger partial charge in [0.05, 0.1) is 0 Å². The van der Waals surface area contributed by atoms with Crippen molar-refractivity contribution in [1.82, 2.24) is 10.2 Å². The minimum atomic E-state index is -0.658. The third-order valence-electron chi connectivity index (χ3n) is 2.25. The molecule has 0 spiro atoms. The monoisotopic (exact) mass is 289 g/mol. The molecule has 0 heterocycles. The predicted molar refractivity (Wildman–Crippen MR) is 70.5 cm³/mol. The van der Waals surface area contributed by atoms with Crippen LogP contribution in [0.5, 0.6) is 0 Å². The number of hydrogen-bond acceptors (Lipinski definition) is 2. The molecule has 3 N–H and O–H groups in total. The Kier molecular flexibility index (Phi) is 5.25. The second kappa shape index (κ2) is 6.47. The van der Waals surface area contributed by atoms with Crippen molar-refractivity contribution in [2.24, 2.45) is 5.73 Å². The Labute approximate surface area is 115 Å². The first-order valence-corrected chi connectivity index (χ1v) is 5.87. The van der Waals surface area contributed by atoms with Gasteiger partial charge in [-0.2, -0.15) is 0 Å². The van der Waals surface area contributed by atoms with Gasteiger partial charge in [0.2, 0.25) is 5.91 Å². The molecule has 1 aromatic carbocycles. The second-order valence-electron chi connectivity index (χ2n) is 3.71. The van der Waals surface area contributed by atoms with Crippen LogP contribution < -0.4 is 11.1 Å². The molecule has 3 amide bonds. The topological polar surface area (TPSA) is 75.4 Å². The maximum atomic E-state index is 11.5. The number of hydrogen-bond donors (Lipinski definition) is 2. The van der Waals surface area contributed by atoms with E-state index in [0.29, 0.717) is 10.0 Å². The van der Waals surface area contributed by atoms with Gasteiger partial charge in [-0.15, -0.1) is 0 Å². The third-order valence-corrected chi connectivity index (χ3v) is 2.84. The van der Waals surface area contributed by atoms with Gasteiger partial charge >= 0.3 is 6.03 Å². The molecule has 7 heteroatoms. The Balaban J connectivity index is 2.50. The number of halogens is 2. The fraction of sp³-hybridized carbons (Fsp3) is 0.273. The third kappa shape index (κ3) is 4.43. The van der Waals surface area contributed by atoms with E-state index < -0.39 is 6.03 Å². The van der Waals surface area contributed by atoms with Crippen LogP contribution in [-0.2, 0) is 11.3 Å². The summed E-state index contributed by atoms with van der Waals surface area (Å²) in [5.41, 5.74) is 5.75. The average molecular weight is 290 g/mol. The van der Waals surface area contributed by atoms with Crippen LogP contribution in [0.3, 0.4) is 0 Å². The summed E-state index contributed by atoms with van der Waals surface area (Å²) in [6, 6.07) is 4.35. The lowest BCUT2D eigenvalue weighted by molar-refractivity contribution is -0.121. The number of primary amides is 1. The first kappa shape index (κ1) is 14.6. The van der Waals surface area contributed by atoms with Gasteiger partial charge in [0.25, 0.3) is 0 Å². The van der Waals surface area contributed by atoms with Crippen molar-refractivity contribution in [3.8, 4) is 0 Å². The number of benzene rings is 1. The summed E-state index contributed by atoms with van der Waals surface area (Å²) < 4.78 is 0. The van der Waals surface area contributed by atoms with Crippen LogP contribution in [0.25, 0.3) is 0 Å². The van der Waals surface area contributed by atoms with E-state index in [-0.39, 0.29) is 19.0 Å². The Morgan fingerprint density at radius 2 is 2.06 bits per heavy atom. The van der Waals surface area contributed by atoms with E-state index in [2.05, 4.69) is 5.32 Å². The molecule has 0 bridgehead atoms. The number of carbonyl (C=O) groups is 2. The first-order chi connectivity index (χ1) is 8.40. The van der Waals surface area contributed by atoms with Crippen LogP contribution in [0.1, 0.15) is 5.56 Å². The minimum absolute atomic E-state index is 0.0967. The van der Waals surface area contributed by atoms with Crippen molar-refractivity contribution in [3.63, 3.8) is 0 Å². The van der Waals surface area contributed by atoms with Gasteiger partial charge in [-0.25, -0.2) is 4.79 Å². The smallest absolute Gasteiger partial charge is 0.314 e. The van der Waals surface area contributed by atoms with Crippen molar-refractivity contribution in [1.29, 1.82) is 0 Å². The minimum Gasteiger partial charge on any atom is -0.351 e. The lowest BCUT2D eigenvalue weighted by atomic mass is 10.2. The summed E-state index contributed by atoms with van der Waals surface area (Å²) in [4.78, 5) is 23.3. The lowest BCUT2D eigenvalue weighted by Gasteiger charge is -2.14. The van der Waals surface area contributed by atoms with Crippen LogP contribution in [-0.4, -0.2) is 30.4 Å². The number of likely N-dealkylation sites (N-methyl/N-ethyl adjacent to an activating group) is 1. The molecule has 0 saturated carbocycles. The molecule has 98 valence electrons. The summed E-state index contributed by atoms with van der Waals surface area (Å²) in [5.74, 6) is -0.317. The largest absolute Gasteiger partial charge is 0.351 e. The highest BCUT2D eigenvalue weighted by atomic mass is 35.5. The zero-order valence-electron chi connectivity index (χ0n) is 9.74. The highest BCUT2D eigenvalue weighted by Gasteiger charge is 2.09. The molecular weight excluding hydrogens is 277 g/mol. The number of nitrogens with zero attached hydrogens (tertiary/aromatic N) is 1. The standard InChI is InChI=1S/C11H13Cl2N3O2/c1-16(11(14)18)6-10(17)15-5-7-2-3-8(12)4-9(7)13/h2-4H,5-6H2,1H3,(H2,14,18)(H,15,17). The number of urea groups is 1. The van der Waals surface area contributed by atoms with E-state index in [1.807, 2.05) is 0 Å². The van der Waals surface area contributed by atoms with Gasteiger partial charge in [-0.1, -0.05) is 29.3 Å². The molecule has 0 saturated heterocycles. The molecule has 0 unspecified atom stereocenters. The zero-order chi connectivity index (χ0) is 13.7. The second-order valence-corrected chi connectivity index (χ2v) is 4.55. The van der Waals surface area contributed by atoms with Crippen molar-refractivity contribution >= 4 is 35.1 Å². The molecule has 0 aliphatic carbocycles. The van der Waals surface area contributed by atoms with E-state index in [1.54, 1.807) is 18.2 Å². The molecule has 1 aromatic rings. The number of carbonyl (C=O) groups excluding carboxylic acids is 2. The maximum absolute atomic E-state index is 11.5. The SMILES string of the molecule is CN(CC(=O)NCc1ccc(Cl)cc1Cl)C(N)=O. The fourth-order valence-corrected chi connectivity index (χ4v) is 1.68. The molecule has 5 nitrogen and oxygen atoms in total. The molecule has 0 atom stereocenters. The Bertz CT molecular complexity index is 466. The highest BCUT2D eigenvalue weighted by molar-refractivity contribution is 6.35. The first-order valence-electron chi connectivity index (χ1n) is 5.11. The summed E-state index contributed by atoms with van der Waals surface area (Å²) in [7, 11) is 1.44. The Morgan fingerprint density at radius 3 is 2.61 bits per heavy atom. The number of nitrogens with two attached hydrogens (primary N) is 1. The number of rotatable bonds is 4. The predicted octanol–water partition coefficient (Wildman–Crippen LogP) is 1.62. The molecule has 0 fully saturated rings. The van der Waals surface area contributed by atoms with E-state index in [0.717, 1.165) is 10.5 Å². The maximum Gasteiger partial charge on any atom is 0.314 e. The highest BCUT2D eigenvalue weighted by Crippen LogP contribution is 2.20. The van der Waals surface area contributed by atoms with Crippen molar-refractivity contribution in [3.05, 3.63) is 33.8 Å². The van der Waals surface area contributed by atoms with Gasteiger partial charge < -0.3 is 16.0 Å². The number of nitrogens with one attached hydrogen (secondary N) is 1. The van der Waals surface area contributed by atoms with E-state index >= 15 is 0 Å². The van der Waals surface area contributed by atoms with Gasteiger partial charge in [-0.3, -0.25) is 4.79 Å². The normalized spacial score (nSPS) is 9.94. The molecule has 0 aromatic heterocycles. The molecular formula is C11H13Cl2N3O2. The van der Waals surface area contributed by atoms with E-state index in [9.17, 15) is 9.59 Å². The van der Waals surface area contributed by atoms with Gasteiger partial charge in [0.1, 0.15) is 6.54 Å². The van der Waals surface area contributed by atoms with Crippen molar-refractivity contribution < 1.29 is 9.59 Å². The van der Waals surface area contributed by atoms with E-state index in [1.165, 1.54) is 7.05 Å². The quantitative estimate of drug-likeness (QED) is 0.884. The fourth-order valence-electron chi connectivity index (χ4n) is 1.21. The van der Waals surface area contributed by atoms with Gasteiger partial charge in [-0.05, 0) is 17.7 Å². The Morgan fingerprint density at radius 1 is 1.39 bits per heavy atom. The van der Waals surface area contributed by atoms with Crippen LogP contribution in [0.15, 0.2) is 18.2 Å². The molecule has 1 rings (SSSR count). The summed E-state index contributed by atoms with van der Waals surface area (Å²) in [6.45, 7) is 0.169.